The molecule has 0 aliphatic heterocycles. The summed E-state index contributed by atoms with van der Waals surface area (Å²) in [4.78, 5) is 31.7. The molecule has 4 aromatic heterocycles. The molecule has 2 aromatic carbocycles. The molecule has 4 heterocycles. The molecular weight excluding hydrogens is 569 g/mol. The molecule has 1 amide bonds. The summed E-state index contributed by atoms with van der Waals surface area (Å²) in [5, 5.41) is 14.6. The van der Waals surface area contributed by atoms with E-state index >= 15 is 0 Å². The Morgan fingerprint density at radius 3 is 2.60 bits per heavy atom. The number of pyridine rings is 2. The summed E-state index contributed by atoms with van der Waals surface area (Å²) in [6.45, 7) is 5.58. The zero-order chi connectivity index (χ0) is 31.5. The summed E-state index contributed by atoms with van der Waals surface area (Å²) in [5.74, 6) is 0.221. The number of anilines is 2. The number of amides is 1. The van der Waals surface area contributed by atoms with E-state index < -0.39 is 0 Å². The summed E-state index contributed by atoms with van der Waals surface area (Å²) >= 11 is 0. The van der Waals surface area contributed by atoms with Crippen LogP contribution in [0, 0.1) is 5.82 Å². The van der Waals surface area contributed by atoms with Crippen molar-refractivity contribution in [1.82, 2.24) is 35.0 Å². The second-order valence-corrected chi connectivity index (χ2v) is 11.4. The van der Waals surface area contributed by atoms with Gasteiger partial charge < -0.3 is 20.5 Å². The Bertz CT molecular complexity index is 2000. The lowest BCUT2D eigenvalue weighted by molar-refractivity contribution is -0.116. The molecule has 230 valence electrons. The summed E-state index contributed by atoms with van der Waals surface area (Å²) in [7, 11) is 3.99. The average Bonchev–Trinajstić information content (AvgIpc) is 3.64. The Labute approximate surface area is 260 Å². The first kappa shape index (κ1) is 29.9. The molecule has 4 N–H and O–H groups in total. The van der Waals surface area contributed by atoms with Gasteiger partial charge in [0.15, 0.2) is 11.5 Å². The topological polar surface area (TPSA) is 128 Å². The lowest BCUT2D eigenvalue weighted by Gasteiger charge is -2.12. The number of rotatable bonds is 11. The molecule has 6 aromatic rings. The zero-order valence-corrected chi connectivity index (χ0v) is 25.8. The van der Waals surface area contributed by atoms with Crippen LogP contribution in [0.15, 0.2) is 61.1 Å². The Balaban J connectivity index is 1.37. The molecule has 10 nitrogen and oxygen atoms in total. The third kappa shape index (κ3) is 6.53. The van der Waals surface area contributed by atoms with Crippen LogP contribution >= 0.6 is 0 Å². The van der Waals surface area contributed by atoms with E-state index in [1.807, 2.05) is 45.3 Å². The van der Waals surface area contributed by atoms with Crippen molar-refractivity contribution < 1.29 is 9.18 Å². The second kappa shape index (κ2) is 12.8. The number of benzene rings is 2. The van der Waals surface area contributed by atoms with E-state index in [0.717, 1.165) is 47.2 Å². The van der Waals surface area contributed by atoms with Crippen molar-refractivity contribution in [3.8, 4) is 33.8 Å². The van der Waals surface area contributed by atoms with Gasteiger partial charge in [-0.05, 0) is 80.0 Å². The number of likely N-dealkylation sites (N-methyl/N-ethyl adjacent to an activating group) is 1. The van der Waals surface area contributed by atoms with E-state index in [4.69, 9.17) is 4.98 Å². The van der Waals surface area contributed by atoms with Crippen LogP contribution in [0.2, 0.25) is 0 Å². The van der Waals surface area contributed by atoms with Crippen LogP contribution in [0.4, 0.5) is 15.8 Å². The number of hydrogen-bond acceptors (Lipinski definition) is 7. The maximum Gasteiger partial charge on any atom is 0.224 e. The van der Waals surface area contributed by atoms with Gasteiger partial charge in [-0.25, -0.2) is 14.4 Å². The van der Waals surface area contributed by atoms with Crippen LogP contribution in [0.1, 0.15) is 32.3 Å². The van der Waals surface area contributed by atoms with E-state index in [-0.39, 0.29) is 11.7 Å². The number of aromatic amines is 2. The van der Waals surface area contributed by atoms with Crippen molar-refractivity contribution in [2.75, 3.05) is 37.8 Å². The maximum absolute atomic E-state index is 14.7. The highest BCUT2D eigenvalue weighted by Crippen LogP contribution is 2.34. The first-order chi connectivity index (χ1) is 21.8. The highest BCUT2D eigenvalue weighted by atomic mass is 19.1. The van der Waals surface area contributed by atoms with Crippen molar-refractivity contribution in [1.29, 1.82) is 0 Å². The predicted molar refractivity (Wildman–Crippen MR) is 178 cm³/mol. The van der Waals surface area contributed by atoms with Crippen molar-refractivity contribution in [2.24, 2.45) is 0 Å². The van der Waals surface area contributed by atoms with Gasteiger partial charge >= 0.3 is 0 Å². The number of nitrogens with zero attached hydrogens (tertiary/aromatic N) is 5. The number of hydrogen-bond donors (Lipinski definition) is 4. The van der Waals surface area contributed by atoms with Gasteiger partial charge in [0.2, 0.25) is 5.91 Å². The van der Waals surface area contributed by atoms with E-state index in [0.29, 0.717) is 58.0 Å². The van der Waals surface area contributed by atoms with Crippen LogP contribution < -0.4 is 10.6 Å². The molecule has 11 heteroatoms. The fourth-order valence-corrected chi connectivity index (χ4v) is 5.36. The highest BCUT2D eigenvalue weighted by molar-refractivity contribution is 5.97. The van der Waals surface area contributed by atoms with Gasteiger partial charge in [-0.1, -0.05) is 19.9 Å². The van der Waals surface area contributed by atoms with Gasteiger partial charge in [-0.15, -0.1) is 0 Å². The fourth-order valence-electron chi connectivity index (χ4n) is 5.36. The number of nitrogens with one attached hydrogen (secondary N) is 4. The minimum Gasteiger partial charge on any atom is -0.384 e. The van der Waals surface area contributed by atoms with Crippen LogP contribution in [0.3, 0.4) is 0 Å². The van der Waals surface area contributed by atoms with Crippen molar-refractivity contribution in [2.45, 2.75) is 33.1 Å². The fraction of sp³-hybridized carbons (Fsp3) is 0.265. The molecule has 45 heavy (non-hydrogen) atoms. The number of halogens is 1. The number of carbonyl (C=O) groups is 1. The first-order valence-electron chi connectivity index (χ1n) is 15.1. The summed E-state index contributed by atoms with van der Waals surface area (Å²) in [6.07, 6.45) is 7.28. The lowest BCUT2D eigenvalue weighted by Crippen LogP contribution is -2.20. The molecule has 6 rings (SSSR count). The molecule has 0 saturated carbocycles. The van der Waals surface area contributed by atoms with Crippen LogP contribution in [-0.2, 0) is 11.2 Å². The van der Waals surface area contributed by atoms with Crippen molar-refractivity contribution in [3.05, 3.63) is 72.4 Å². The third-order valence-corrected chi connectivity index (χ3v) is 7.63. The molecule has 0 fully saturated rings. The van der Waals surface area contributed by atoms with Crippen LogP contribution in [0.5, 0.6) is 0 Å². The van der Waals surface area contributed by atoms with Gasteiger partial charge in [0.1, 0.15) is 11.5 Å². The Hall–Kier alpha value is -5.16. The minimum absolute atomic E-state index is 0.00352. The Kier molecular flexibility index (Phi) is 8.52. The van der Waals surface area contributed by atoms with Crippen molar-refractivity contribution >= 4 is 39.3 Å². The summed E-state index contributed by atoms with van der Waals surface area (Å²) < 4.78 is 14.7. The zero-order valence-electron chi connectivity index (χ0n) is 25.8. The normalized spacial score (nSPS) is 11.5. The monoisotopic (exact) mass is 605 g/mol. The molecule has 0 aliphatic carbocycles. The lowest BCUT2D eigenvalue weighted by atomic mass is 10.0. The minimum atomic E-state index is -0.342. The molecule has 0 spiro atoms. The Morgan fingerprint density at radius 2 is 1.80 bits per heavy atom. The SMILES string of the molecule is CCCC(=O)Nc1cc(CC)cc(-c2cnc3n[nH]c(-c4nc5c(-c6cc(F)cc(NCCN(C)C)c6)cncc5[nH]4)c3c2)c1. The quantitative estimate of drug-likeness (QED) is 0.130. The highest BCUT2D eigenvalue weighted by Gasteiger charge is 2.17. The van der Waals surface area contributed by atoms with Crippen LogP contribution in [-0.4, -0.2) is 68.1 Å². The molecule has 0 bridgehead atoms. The largest absolute Gasteiger partial charge is 0.384 e. The molecule has 0 radical (unpaired) electrons. The van der Waals surface area contributed by atoms with Gasteiger partial charge in [0, 0.05) is 54.4 Å². The maximum atomic E-state index is 14.7. The first-order valence-corrected chi connectivity index (χ1v) is 15.1. The second-order valence-electron chi connectivity index (χ2n) is 11.4. The molecule has 0 atom stereocenters. The molecular formula is C34H36FN9O. The predicted octanol–water partition coefficient (Wildman–Crippen LogP) is 6.64. The molecule has 0 unspecified atom stereocenters. The molecule has 0 aliphatic rings. The average molecular weight is 606 g/mol. The summed E-state index contributed by atoms with van der Waals surface area (Å²) in [6, 6.07) is 13.0. The number of carbonyl (C=O) groups excluding carboxylic acids is 1. The summed E-state index contributed by atoms with van der Waals surface area (Å²) in [5.41, 5.74) is 8.39. The number of H-pyrrole nitrogens is 2. The number of imidazole rings is 1. The number of aryl methyl sites for hydroxylation is 1. The third-order valence-electron chi connectivity index (χ3n) is 7.63. The van der Waals surface area contributed by atoms with E-state index in [1.165, 1.54) is 12.1 Å². The van der Waals surface area contributed by atoms with Gasteiger partial charge in [0.25, 0.3) is 0 Å². The number of aromatic nitrogens is 6. The standard InChI is InChI=1S/C34H36FN9O/c1-5-7-30(45)39-26-11-20(6-2)10-21(13-26)23-15-27-32(42-43-33(27)38-17-23)34-40-29-19-36-18-28(31(29)41-34)22-12-24(35)16-25(14-22)37-8-9-44(3)4/h10-19,37H,5-9H2,1-4H3,(H,39,45)(H,40,41)(H,38,42,43). The number of fused-ring (bicyclic) bond motifs is 2. The van der Waals surface area contributed by atoms with Gasteiger partial charge in [0.05, 0.1) is 22.6 Å². The van der Waals surface area contributed by atoms with Gasteiger partial charge in [-0.2, -0.15) is 5.10 Å². The van der Waals surface area contributed by atoms with E-state index in [1.54, 1.807) is 18.6 Å². The van der Waals surface area contributed by atoms with Crippen molar-refractivity contribution in [3.63, 3.8) is 0 Å². The van der Waals surface area contributed by atoms with E-state index in [2.05, 4.69) is 53.7 Å². The van der Waals surface area contributed by atoms with E-state index in [9.17, 15) is 9.18 Å². The van der Waals surface area contributed by atoms with Gasteiger partial charge in [-0.3, -0.25) is 14.9 Å². The van der Waals surface area contributed by atoms with Crippen LogP contribution in [0.25, 0.3) is 55.8 Å². The molecule has 0 saturated heterocycles. The smallest absolute Gasteiger partial charge is 0.224 e. The Morgan fingerprint density at radius 1 is 0.956 bits per heavy atom.